The lowest BCUT2D eigenvalue weighted by Crippen LogP contribution is -2.36. The second kappa shape index (κ2) is 4.96. The molecule has 0 aliphatic carbocycles. The lowest BCUT2D eigenvalue weighted by molar-refractivity contribution is -0.132. The molecule has 1 aliphatic heterocycles. The number of hydrogen-bond donors (Lipinski definition) is 1. The number of anilines is 1. The van der Waals surface area contributed by atoms with E-state index in [4.69, 9.17) is 17.3 Å². The lowest BCUT2D eigenvalue weighted by Gasteiger charge is -2.29. The number of carbonyl (C=O) groups is 1. The highest BCUT2D eigenvalue weighted by Gasteiger charge is 2.21. The maximum Gasteiger partial charge on any atom is 0.224 e. The first-order chi connectivity index (χ1) is 8.06. The lowest BCUT2D eigenvalue weighted by atomic mass is 9.99. The third-order valence-electron chi connectivity index (χ3n) is 3.05. The van der Waals surface area contributed by atoms with Gasteiger partial charge < -0.3 is 10.6 Å². The molecule has 0 spiro atoms. The Kier molecular flexibility index (Phi) is 3.57. The highest BCUT2D eigenvalue weighted by molar-refractivity contribution is 6.21. The molecule has 0 saturated carbocycles. The van der Waals surface area contributed by atoms with Crippen molar-refractivity contribution in [3.05, 3.63) is 29.3 Å². The molecule has 1 aliphatic rings. The fraction of sp³-hybridized carbons (Fsp3) is 0.462. The summed E-state index contributed by atoms with van der Waals surface area (Å²) in [5.74, 6) is 0.134. The van der Waals surface area contributed by atoms with Gasteiger partial charge in [0.05, 0.1) is 0 Å². The van der Waals surface area contributed by atoms with Crippen molar-refractivity contribution in [2.24, 2.45) is 0 Å². The fourth-order valence-electron chi connectivity index (χ4n) is 2.16. The van der Waals surface area contributed by atoms with Gasteiger partial charge >= 0.3 is 0 Å². The summed E-state index contributed by atoms with van der Waals surface area (Å²) >= 11 is 5.85. The zero-order valence-corrected chi connectivity index (χ0v) is 10.7. The molecule has 92 valence electrons. The first kappa shape index (κ1) is 12.2. The van der Waals surface area contributed by atoms with Crippen molar-refractivity contribution in [1.29, 1.82) is 0 Å². The van der Waals surface area contributed by atoms with Crippen LogP contribution in [0.1, 0.15) is 24.5 Å². The summed E-state index contributed by atoms with van der Waals surface area (Å²) in [4.78, 5) is 13.8. The van der Waals surface area contributed by atoms with Crippen LogP contribution in [0.15, 0.2) is 18.2 Å². The number of nitrogen functional groups attached to an aromatic ring is 1. The Bertz CT molecular complexity index is 431. The van der Waals surface area contributed by atoms with E-state index in [2.05, 4.69) is 0 Å². The van der Waals surface area contributed by atoms with Gasteiger partial charge in [0.2, 0.25) is 5.91 Å². The van der Waals surface area contributed by atoms with Crippen LogP contribution in [0.3, 0.4) is 0 Å². The van der Waals surface area contributed by atoms with Crippen LogP contribution >= 0.6 is 11.6 Å². The largest absolute Gasteiger partial charge is 0.399 e. The van der Waals surface area contributed by atoms with Crippen molar-refractivity contribution in [1.82, 2.24) is 4.90 Å². The highest BCUT2D eigenvalue weighted by Crippen LogP contribution is 2.22. The SMILES string of the molecule is CC(Cl)CC(=O)N1CCc2cc(N)ccc2C1. The number of nitrogens with zero attached hydrogens (tertiary/aromatic N) is 1. The Balaban J connectivity index is 2.08. The number of amides is 1. The van der Waals surface area contributed by atoms with Crippen molar-refractivity contribution in [3.63, 3.8) is 0 Å². The van der Waals surface area contributed by atoms with Crippen molar-refractivity contribution in [3.8, 4) is 0 Å². The van der Waals surface area contributed by atoms with Gasteiger partial charge in [-0.1, -0.05) is 6.07 Å². The standard InChI is InChI=1S/C13H17ClN2O/c1-9(14)6-13(17)16-5-4-10-7-12(15)3-2-11(10)8-16/h2-3,7,9H,4-6,8,15H2,1H3. The molecule has 17 heavy (non-hydrogen) atoms. The summed E-state index contributed by atoms with van der Waals surface area (Å²) < 4.78 is 0. The van der Waals surface area contributed by atoms with E-state index < -0.39 is 0 Å². The predicted octanol–water partition coefficient (Wildman–Crippen LogP) is 2.17. The highest BCUT2D eigenvalue weighted by atomic mass is 35.5. The summed E-state index contributed by atoms with van der Waals surface area (Å²) in [7, 11) is 0. The summed E-state index contributed by atoms with van der Waals surface area (Å²) in [6, 6.07) is 5.90. The number of rotatable bonds is 2. The quantitative estimate of drug-likeness (QED) is 0.648. The number of hydrogen-bond acceptors (Lipinski definition) is 2. The van der Waals surface area contributed by atoms with Crippen molar-refractivity contribution in [2.75, 3.05) is 12.3 Å². The van der Waals surface area contributed by atoms with Crippen LogP contribution in [0.4, 0.5) is 5.69 Å². The molecule has 1 amide bonds. The molecule has 1 aromatic rings. The predicted molar refractivity (Wildman–Crippen MR) is 69.9 cm³/mol. The van der Waals surface area contributed by atoms with Gasteiger partial charge in [-0.15, -0.1) is 11.6 Å². The second-order valence-electron chi connectivity index (χ2n) is 4.58. The molecule has 0 fully saturated rings. The Morgan fingerprint density at radius 3 is 3.00 bits per heavy atom. The topological polar surface area (TPSA) is 46.3 Å². The Hall–Kier alpha value is -1.22. The first-order valence-electron chi connectivity index (χ1n) is 5.85. The number of benzene rings is 1. The van der Waals surface area contributed by atoms with Crippen LogP contribution in [-0.4, -0.2) is 22.7 Å². The molecule has 1 aromatic carbocycles. The fourth-order valence-corrected chi connectivity index (χ4v) is 2.29. The van der Waals surface area contributed by atoms with Gasteiger partial charge in [0.1, 0.15) is 0 Å². The van der Waals surface area contributed by atoms with E-state index in [-0.39, 0.29) is 11.3 Å². The van der Waals surface area contributed by atoms with Crippen molar-refractivity contribution in [2.45, 2.75) is 31.7 Å². The van der Waals surface area contributed by atoms with E-state index in [0.717, 1.165) is 18.7 Å². The minimum Gasteiger partial charge on any atom is -0.399 e. The van der Waals surface area contributed by atoms with Gasteiger partial charge in [-0.25, -0.2) is 0 Å². The minimum atomic E-state index is -0.102. The molecule has 4 heteroatoms. The molecule has 2 rings (SSSR count). The van der Waals surface area contributed by atoms with Crippen LogP contribution in [0.2, 0.25) is 0 Å². The minimum absolute atomic E-state index is 0.102. The van der Waals surface area contributed by atoms with E-state index in [1.54, 1.807) is 0 Å². The number of fused-ring (bicyclic) bond motifs is 1. The van der Waals surface area contributed by atoms with Gasteiger partial charge in [0, 0.05) is 30.6 Å². The number of halogens is 1. The smallest absolute Gasteiger partial charge is 0.224 e. The van der Waals surface area contributed by atoms with E-state index in [0.29, 0.717) is 13.0 Å². The first-order valence-corrected chi connectivity index (χ1v) is 6.29. The van der Waals surface area contributed by atoms with Gasteiger partial charge in [0.15, 0.2) is 0 Å². The monoisotopic (exact) mass is 252 g/mol. The molecule has 0 radical (unpaired) electrons. The van der Waals surface area contributed by atoms with Crippen LogP contribution in [0.25, 0.3) is 0 Å². The molecule has 1 atom stereocenters. The molecule has 1 heterocycles. The van der Waals surface area contributed by atoms with Gasteiger partial charge in [-0.3, -0.25) is 4.79 Å². The Labute approximate surface area is 107 Å². The van der Waals surface area contributed by atoms with E-state index in [9.17, 15) is 4.79 Å². The normalized spacial score (nSPS) is 16.5. The number of carbonyl (C=O) groups excluding carboxylic acids is 1. The van der Waals surface area contributed by atoms with Gasteiger partial charge in [-0.05, 0) is 36.6 Å². The Morgan fingerprint density at radius 2 is 2.29 bits per heavy atom. The van der Waals surface area contributed by atoms with Crippen LogP contribution in [-0.2, 0) is 17.8 Å². The molecular formula is C13H17ClN2O. The molecule has 1 unspecified atom stereocenters. The van der Waals surface area contributed by atoms with Crippen molar-refractivity contribution < 1.29 is 4.79 Å². The number of alkyl halides is 1. The van der Waals surface area contributed by atoms with E-state index in [1.807, 2.05) is 30.0 Å². The van der Waals surface area contributed by atoms with Crippen LogP contribution in [0, 0.1) is 0 Å². The third kappa shape index (κ3) is 2.91. The average molecular weight is 253 g/mol. The average Bonchev–Trinajstić information content (AvgIpc) is 2.27. The van der Waals surface area contributed by atoms with Gasteiger partial charge in [0.25, 0.3) is 0 Å². The maximum absolute atomic E-state index is 11.9. The summed E-state index contributed by atoms with van der Waals surface area (Å²) in [5.41, 5.74) is 8.99. The molecule has 0 saturated heterocycles. The summed E-state index contributed by atoms with van der Waals surface area (Å²) in [6.07, 6.45) is 1.29. The third-order valence-corrected chi connectivity index (χ3v) is 3.21. The molecule has 0 aromatic heterocycles. The van der Waals surface area contributed by atoms with E-state index in [1.165, 1.54) is 11.1 Å². The second-order valence-corrected chi connectivity index (χ2v) is 5.32. The summed E-state index contributed by atoms with van der Waals surface area (Å²) in [5, 5.41) is -0.102. The molecule has 2 N–H and O–H groups in total. The van der Waals surface area contributed by atoms with Gasteiger partial charge in [-0.2, -0.15) is 0 Å². The molecular weight excluding hydrogens is 236 g/mol. The van der Waals surface area contributed by atoms with Crippen LogP contribution in [0.5, 0.6) is 0 Å². The molecule has 0 bridgehead atoms. The zero-order valence-electron chi connectivity index (χ0n) is 9.95. The van der Waals surface area contributed by atoms with Crippen molar-refractivity contribution >= 4 is 23.2 Å². The maximum atomic E-state index is 11.9. The van der Waals surface area contributed by atoms with Crippen LogP contribution < -0.4 is 5.73 Å². The Morgan fingerprint density at radius 1 is 1.53 bits per heavy atom. The number of nitrogens with two attached hydrogens (primary N) is 1. The molecule has 3 nitrogen and oxygen atoms in total. The zero-order chi connectivity index (χ0) is 12.4. The van der Waals surface area contributed by atoms with E-state index >= 15 is 0 Å². The summed E-state index contributed by atoms with van der Waals surface area (Å²) in [6.45, 7) is 3.29.